The zero-order valence-corrected chi connectivity index (χ0v) is 11.0. The highest BCUT2D eigenvalue weighted by molar-refractivity contribution is 6.31. The molecule has 0 saturated heterocycles. The molecule has 1 fully saturated rings. The van der Waals surface area contributed by atoms with Gasteiger partial charge in [-0.2, -0.15) is 0 Å². The summed E-state index contributed by atoms with van der Waals surface area (Å²) in [5.41, 5.74) is -0.309. The van der Waals surface area contributed by atoms with E-state index in [0.29, 0.717) is 23.4 Å². The molecular formula is C13H15ClN2O2. The van der Waals surface area contributed by atoms with Gasteiger partial charge >= 0.3 is 0 Å². The molecule has 1 saturated carbocycles. The Balaban J connectivity index is 2.58. The van der Waals surface area contributed by atoms with Crippen molar-refractivity contribution in [3.05, 3.63) is 39.8 Å². The average Bonchev–Trinajstić information content (AvgIpc) is 2.39. The Labute approximate surface area is 111 Å². The van der Waals surface area contributed by atoms with Gasteiger partial charge in [0.1, 0.15) is 5.54 Å². The minimum absolute atomic E-state index is 0.0175. The molecule has 0 bridgehead atoms. The summed E-state index contributed by atoms with van der Waals surface area (Å²) in [6.45, 7) is 0. The van der Waals surface area contributed by atoms with Crippen LogP contribution in [-0.2, 0) is 10.3 Å². The van der Waals surface area contributed by atoms with Crippen molar-refractivity contribution in [1.82, 2.24) is 5.01 Å². The van der Waals surface area contributed by atoms with Crippen LogP contribution in [0.25, 0.3) is 0 Å². The van der Waals surface area contributed by atoms with Crippen molar-refractivity contribution >= 4 is 17.4 Å². The van der Waals surface area contributed by atoms with E-state index in [1.807, 2.05) is 6.07 Å². The summed E-state index contributed by atoms with van der Waals surface area (Å²) in [5, 5.41) is 4.68. The molecular weight excluding hydrogens is 252 g/mol. The van der Waals surface area contributed by atoms with Gasteiger partial charge < -0.3 is 0 Å². The van der Waals surface area contributed by atoms with Crippen LogP contribution in [0.3, 0.4) is 0 Å². The van der Waals surface area contributed by atoms with Crippen LogP contribution in [0.5, 0.6) is 0 Å². The average molecular weight is 267 g/mol. The highest BCUT2D eigenvalue weighted by Crippen LogP contribution is 2.42. The highest BCUT2D eigenvalue weighted by atomic mass is 35.5. The topological polar surface area (TPSA) is 49.7 Å². The predicted molar refractivity (Wildman–Crippen MR) is 70.2 cm³/mol. The normalized spacial score (nSPS) is 23.8. The standard InChI is InChI=1S/C13H15ClN2O2/c1-16(15-18)13(9-5-4-8-12(13)17)10-6-2-3-7-11(10)14/h2-3,6-7H,4-5,8-9H2,1H3/t13-/m1/s1. The van der Waals surface area contributed by atoms with Crippen LogP contribution in [0, 0.1) is 4.91 Å². The minimum Gasteiger partial charge on any atom is -0.297 e. The first-order chi connectivity index (χ1) is 8.63. The fourth-order valence-electron chi connectivity index (χ4n) is 2.68. The second-order valence-corrected chi connectivity index (χ2v) is 4.98. The van der Waals surface area contributed by atoms with Crippen molar-refractivity contribution in [2.24, 2.45) is 5.29 Å². The Morgan fingerprint density at radius 3 is 2.67 bits per heavy atom. The van der Waals surface area contributed by atoms with E-state index in [4.69, 9.17) is 11.6 Å². The van der Waals surface area contributed by atoms with Crippen molar-refractivity contribution < 1.29 is 4.79 Å². The number of carbonyl (C=O) groups excluding carboxylic acids is 1. The molecule has 18 heavy (non-hydrogen) atoms. The monoisotopic (exact) mass is 266 g/mol. The molecule has 0 spiro atoms. The van der Waals surface area contributed by atoms with Crippen LogP contribution in [0.1, 0.15) is 31.2 Å². The summed E-state index contributed by atoms with van der Waals surface area (Å²) in [6.07, 6.45) is 2.79. The maximum atomic E-state index is 12.4. The van der Waals surface area contributed by atoms with Crippen molar-refractivity contribution in [1.29, 1.82) is 0 Å². The van der Waals surface area contributed by atoms with Gasteiger partial charge in [-0.3, -0.25) is 4.79 Å². The maximum absolute atomic E-state index is 12.4. The lowest BCUT2D eigenvalue weighted by atomic mass is 9.75. The molecule has 0 unspecified atom stereocenters. The second-order valence-electron chi connectivity index (χ2n) is 4.58. The number of rotatable bonds is 3. The molecule has 4 nitrogen and oxygen atoms in total. The van der Waals surface area contributed by atoms with Gasteiger partial charge in [-0.25, -0.2) is 5.01 Å². The van der Waals surface area contributed by atoms with Crippen molar-refractivity contribution in [2.45, 2.75) is 31.2 Å². The zero-order valence-electron chi connectivity index (χ0n) is 10.2. The number of hydrogen-bond acceptors (Lipinski definition) is 3. The van der Waals surface area contributed by atoms with Gasteiger partial charge in [0.15, 0.2) is 5.78 Å². The van der Waals surface area contributed by atoms with Crippen LogP contribution >= 0.6 is 11.6 Å². The molecule has 0 aliphatic heterocycles. The van der Waals surface area contributed by atoms with Crippen molar-refractivity contribution in [3.8, 4) is 0 Å². The molecule has 1 aromatic carbocycles. The van der Waals surface area contributed by atoms with E-state index in [2.05, 4.69) is 5.29 Å². The SMILES string of the molecule is CN(N=O)[C@@]1(c2ccccc2Cl)CCCCC1=O. The quantitative estimate of drug-likeness (QED) is 0.623. The third-order valence-electron chi connectivity index (χ3n) is 3.65. The number of nitrogens with zero attached hydrogens (tertiary/aromatic N) is 2. The number of carbonyl (C=O) groups is 1. The second kappa shape index (κ2) is 5.06. The van der Waals surface area contributed by atoms with Gasteiger partial charge in [-0.15, -0.1) is 4.91 Å². The predicted octanol–water partition coefficient (Wildman–Crippen LogP) is 3.29. The van der Waals surface area contributed by atoms with E-state index in [1.54, 1.807) is 25.2 Å². The molecule has 96 valence electrons. The summed E-state index contributed by atoms with van der Waals surface area (Å²) < 4.78 is 0. The van der Waals surface area contributed by atoms with Crippen LogP contribution < -0.4 is 0 Å². The van der Waals surface area contributed by atoms with E-state index >= 15 is 0 Å². The lowest BCUT2D eigenvalue weighted by Crippen LogP contribution is -2.49. The fourth-order valence-corrected chi connectivity index (χ4v) is 2.97. The van der Waals surface area contributed by atoms with Gasteiger partial charge in [-0.1, -0.05) is 29.8 Å². The molecule has 1 aromatic rings. The van der Waals surface area contributed by atoms with Gasteiger partial charge in [0.2, 0.25) is 0 Å². The first-order valence-corrected chi connectivity index (χ1v) is 6.36. The number of nitroso groups, excluding NO2 is 1. The Bertz CT molecular complexity index is 478. The van der Waals surface area contributed by atoms with Crippen LogP contribution in [0.15, 0.2) is 29.6 Å². The third kappa shape index (κ3) is 1.90. The Morgan fingerprint density at radius 2 is 2.06 bits per heavy atom. The van der Waals surface area contributed by atoms with Crippen molar-refractivity contribution in [3.63, 3.8) is 0 Å². The largest absolute Gasteiger partial charge is 0.297 e. The number of halogens is 1. The van der Waals surface area contributed by atoms with E-state index in [9.17, 15) is 9.70 Å². The van der Waals surface area contributed by atoms with Gasteiger partial charge in [0.25, 0.3) is 0 Å². The third-order valence-corrected chi connectivity index (χ3v) is 3.98. The lowest BCUT2D eigenvalue weighted by molar-refractivity contribution is -0.134. The van der Waals surface area contributed by atoms with Crippen LogP contribution in [-0.4, -0.2) is 17.8 Å². The molecule has 0 N–H and O–H groups in total. The minimum atomic E-state index is -0.988. The zero-order chi connectivity index (χ0) is 13.2. The fraction of sp³-hybridized carbons (Fsp3) is 0.462. The van der Waals surface area contributed by atoms with Gasteiger partial charge in [0.05, 0.1) is 5.29 Å². The molecule has 0 radical (unpaired) electrons. The summed E-state index contributed by atoms with van der Waals surface area (Å²) in [4.78, 5) is 23.3. The Morgan fingerprint density at radius 1 is 1.33 bits per heavy atom. The molecule has 0 heterocycles. The number of benzene rings is 1. The number of hydrogen-bond donors (Lipinski definition) is 0. The van der Waals surface area contributed by atoms with Crippen LogP contribution in [0.4, 0.5) is 0 Å². The Hall–Kier alpha value is -1.42. The lowest BCUT2D eigenvalue weighted by Gasteiger charge is -2.40. The smallest absolute Gasteiger partial charge is 0.164 e. The molecule has 0 amide bonds. The molecule has 0 aromatic heterocycles. The summed E-state index contributed by atoms with van der Waals surface area (Å²) in [5.74, 6) is 0.0175. The molecule has 1 atom stereocenters. The molecule has 1 aliphatic rings. The number of Topliss-reactive ketones (excluding diaryl/α,β-unsaturated/α-hetero) is 1. The van der Waals surface area contributed by atoms with E-state index < -0.39 is 5.54 Å². The van der Waals surface area contributed by atoms with Crippen molar-refractivity contribution in [2.75, 3.05) is 7.05 Å². The summed E-state index contributed by atoms with van der Waals surface area (Å²) in [6, 6.07) is 7.16. The summed E-state index contributed by atoms with van der Waals surface area (Å²) >= 11 is 6.19. The van der Waals surface area contributed by atoms with Gasteiger partial charge in [0, 0.05) is 24.1 Å². The molecule has 5 heteroatoms. The first kappa shape index (κ1) is 13.0. The maximum Gasteiger partial charge on any atom is 0.164 e. The number of ketones is 1. The number of likely N-dealkylation sites (N-methyl/N-ethyl adjacent to an activating group) is 1. The van der Waals surface area contributed by atoms with Gasteiger partial charge in [-0.05, 0) is 25.3 Å². The summed E-state index contributed by atoms with van der Waals surface area (Å²) in [7, 11) is 1.54. The van der Waals surface area contributed by atoms with E-state index in [1.165, 1.54) is 5.01 Å². The van der Waals surface area contributed by atoms with E-state index in [0.717, 1.165) is 12.8 Å². The first-order valence-electron chi connectivity index (χ1n) is 5.98. The van der Waals surface area contributed by atoms with E-state index in [-0.39, 0.29) is 5.78 Å². The highest BCUT2D eigenvalue weighted by Gasteiger charge is 2.46. The molecule has 1 aliphatic carbocycles. The van der Waals surface area contributed by atoms with Crippen LogP contribution in [0.2, 0.25) is 5.02 Å². The molecule has 2 rings (SSSR count). The Kier molecular flexibility index (Phi) is 3.66.